The lowest BCUT2D eigenvalue weighted by Crippen LogP contribution is -2.26. The first kappa shape index (κ1) is 23.7. The molecule has 2 aromatic carbocycles. The predicted molar refractivity (Wildman–Crippen MR) is 124 cm³/mol. The number of thiazole rings is 1. The summed E-state index contributed by atoms with van der Waals surface area (Å²) in [5.41, 5.74) is 0.941. The Morgan fingerprint density at radius 2 is 1.91 bits per heavy atom. The maximum absolute atomic E-state index is 13.1. The fourth-order valence-corrected chi connectivity index (χ4v) is 5.05. The molecule has 0 aliphatic carbocycles. The highest BCUT2D eigenvalue weighted by atomic mass is 35.5. The van der Waals surface area contributed by atoms with E-state index in [1.54, 1.807) is 32.0 Å². The molecule has 0 saturated heterocycles. The lowest BCUT2D eigenvalue weighted by molar-refractivity contribution is 0.0531. The quantitative estimate of drug-likeness (QED) is 0.490. The van der Waals surface area contributed by atoms with Crippen molar-refractivity contribution in [2.75, 3.05) is 23.3 Å². The zero-order valence-electron chi connectivity index (χ0n) is 17.5. The van der Waals surface area contributed by atoms with Crippen LogP contribution < -0.4 is 9.62 Å². The van der Waals surface area contributed by atoms with Crippen LogP contribution in [0, 0.1) is 6.92 Å². The number of halogens is 1. The van der Waals surface area contributed by atoms with Gasteiger partial charge in [0.05, 0.1) is 22.9 Å². The predicted octanol–water partition coefficient (Wildman–Crippen LogP) is 4.36. The van der Waals surface area contributed by atoms with Crippen LogP contribution in [0.5, 0.6) is 0 Å². The first-order valence-corrected chi connectivity index (χ1v) is 12.1. The van der Waals surface area contributed by atoms with Gasteiger partial charge in [-0.25, -0.2) is 18.2 Å². The van der Waals surface area contributed by atoms with Gasteiger partial charge < -0.3 is 4.74 Å². The summed E-state index contributed by atoms with van der Waals surface area (Å²) >= 11 is 6.96. The van der Waals surface area contributed by atoms with Crippen molar-refractivity contribution in [2.24, 2.45) is 0 Å². The van der Waals surface area contributed by atoms with E-state index in [9.17, 15) is 18.0 Å². The fraction of sp³-hybridized carbons (Fsp3) is 0.190. The molecule has 11 heteroatoms. The molecular formula is C21H20ClN3O5S2. The zero-order chi connectivity index (χ0) is 23.5. The second-order valence-electron chi connectivity index (χ2n) is 6.59. The number of ether oxygens (including phenoxy) is 1. The lowest BCUT2D eigenvalue weighted by atomic mass is 10.2. The molecule has 0 atom stereocenters. The average Bonchev–Trinajstić information content (AvgIpc) is 3.13. The Balaban J connectivity index is 1.83. The van der Waals surface area contributed by atoms with Crippen LogP contribution in [0.25, 0.3) is 0 Å². The van der Waals surface area contributed by atoms with Gasteiger partial charge in [0.25, 0.3) is 15.9 Å². The van der Waals surface area contributed by atoms with E-state index in [-0.39, 0.29) is 22.2 Å². The van der Waals surface area contributed by atoms with E-state index in [1.807, 2.05) is 0 Å². The van der Waals surface area contributed by atoms with Crippen molar-refractivity contribution in [1.82, 2.24) is 4.98 Å². The summed E-state index contributed by atoms with van der Waals surface area (Å²) in [6.07, 6.45) is 0. The van der Waals surface area contributed by atoms with Crippen LogP contribution in [0.2, 0.25) is 5.02 Å². The minimum Gasteiger partial charge on any atom is -0.462 e. The van der Waals surface area contributed by atoms with Gasteiger partial charge in [-0.3, -0.25) is 14.4 Å². The topological polar surface area (TPSA) is 106 Å². The number of sulfonamides is 1. The van der Waals surface area contributed by atoms with Crippen molar-refractivity contribution in [3.63, 3.8) is 0 Å². The van der Waals surface area contributed by atoms with Gasteiger partial charge in [0.2, 0.25) is 0 Å². The van der Waals surface area contributed by atoms with E-state index in [0.717, 1.165) is 15.6 Å². The molecule has 8 nitrogen and oxygen atoms in total. The number of anilines is 2. The number of rotatable bonds is 7. The Kier molecular flexibility index (Phi) is 7.17. The van der Waals surface area contributed by atoms with Crippen LogP contribution in [0.1, 0.15) is 32.6 Å². The third-order valence-electron chi connectivity index (χ3n) is 4.40. The number of benzene rings is 2. The number of carbonyl (C=O) groups excluding carboxylic acids is 2. The minimum absolute atomic E-state index is 0.0600. The molecule has 0 spiro atoms. The van der Waals surface area contributed by atoms with Gasteiger partial charge in [-0.15, -0.1) is 0 Å². The van der Waals surface area contributed by atoms with E-state index in [4.69, 9.17) is 16.3 Å². The lowest BCUT2D eigenvalue weighted by Gasteiger charge is -2.20. The highest BCUT2D eigenvalue weighted by Gasteiger charge is 2.23. The number of aryl methyl sites for hydroxylation is 1. The number of esters is 1. The highest BCUT2D eigenvalue weighted by Crippen LogP contribution is 2.26. The van der Waals surface area contributed by atoms with E-state index >= 15 is 0 Å². The van der Waals surface area contributed by atoms with Gasteiger partial charge in [0.1, 0.15) is 4.88 Å². The smallest absolute Gasteiger partial charge is 0.350 e. The number of hydrogen-bond acceptors (Lipinski definition) is 7. The largest absolute Gasteiger partial charge is 0.462 e. The highest BCUT2D eigenvalue weighted by molar-refractivity contribution is 7.92. The average molecular weight is 494 g/mol. The molecule has 168 valence electrons. The van der Waals surface area contributed by atoms with Crippen molar-refractivity contribution in [3.05, 3.63) is 69.7 Å². The Morgan fingerprint density at radius 1 is 1.19 bits per heavy atom. The van der Waals surface area contributed by atoms with Crippen LogP contribution in [0.4, 0.5) is 10.8 Å². The number of carbonyl (C=O) groups is 2. The van der Waals surface area contributed by atoms with Crippen LogP contribution in [-0.4, -0.2) is 38.9 Å². The third-order valence-corrected chi connectivity index (χ3v) is 7.47. The monoisotopic (exact) mass is 493 g/mol. The molecule has 1 heterocycles. The summed E-state index contributed by atoms with van der Waals surface area (Å²) in [7, 11) is -2.53. The Labute approximate surface area is 194 Å². The molecule has 1 N–H and O–H groups in total. The molecule has 0 aliphatic rings. The van der Waals surface area contributed by atoms with Crippen LogP contribution in [0.15, 0.2) is 53.4 Å². The molecule has 0 unspecified atom stereocenters. The van der Waals surface area contributed by atoms with Gasteiger partial charge in [-0.1, -0.05) is 35.1 Å². The molecule has 3 aromatic rings. The summed E-state index contributed by atoms with van der Waals surface area (Å²) in [6.45, 7) is 3.56. The third kappa shape index (κ3) is 5.09. The van der Waals surface area contributed by atoms with Crippen molar-refractivity contribution in [2.45, 2.75) is 18.7 Å². The van der Waals surface area contributed by atoms with E-state index in [1.165, 1.54) is 37.4 Å². The standard InChI is InChI=1S/C21H20ClN3O5S2/c1-4-30-20(27)18-13(2)23-21(31-18)24-19(26)14-7-5-10-17(11-14)32(28,29)25(3)16-9-6-8-15(22)12-16/h5-12H,4H2,1-3H3,(H,23,24,26). The number of nitrogens with one attached hydrogen (secondary N) is 1. The maximum atomic E-state index is 13.1. The molecule has 0 fully saturated rings. The van der Waals surface area contributed by atoms with Crippen molar-refractivity contribution in [3.8, 4) is 0 Å². The molecule has 1 amide bonds. The van der Waals surface area contributed by atoms with Crippen LogP contribution >= 0.6 is 22.9 Å². The van der Waals surface area contributed by atoms with E-state index < -0.39 is 21.9 Å². The molecule has 1 aromatic heterocycles. The van der Waals surface area contributed by atoms with Gasteiger partial charge in [0, 0.05) is 17.6 Å². The van der Waals surface area contributed by atoms with Gasteiger partial charge in [-0.05, 0) is 50.2 Å². The zero-order valence-corrected chi connectivity index (χ0v) is 19.8. The molecule has 32 heavy (non-hydrogen) atoms. The maximum Gasteiger partial charge on any atom is 0.350 e. The van der Waals surface area contributed by atoms with Gasteiger partial charge in [-0.2, -0.15) is 0 Å². The van der Waals surface area contributed by atoms with Crippen molar-refractivity contribution >= 4 is 55.7 Å². The second kappa shape index (κ2) is 9.68. The summed E-state index contributed by atoms with van der Waals surface area (Å²) in [6, 6.07) is 12.1. The number of amides is 1. The Hall–Kier alpha value is -2.95. The van der Waals surface area contributed by atoms with Crippen molar-refractivity contribution < 1.29 is 22.7 Å². The van der Waals surface area contributed by atoms with E-state index in [0.29, 0.717) is 21.3 Å². The molecule has 0 radical (unpaired) electrons. The number of aromatic nitrogens is 1. The van der Waals surface area contributed by atoms with Crippen LogP contribution in [0.3, 0.4) is 0 Å². The first-order valence-electron chi connectivity index (χ1n) is 9.44. The van der Waals surface area contributed by atoms with Crippen molar-refractivity contribution in [1.29, 1.82) is 0 Å². The van der Waals surface area contributed by atoms with Crippen LogP contribution in [-0.2, 0) is 14.8 Å². The second-order valence-corrected chi connectivity index (χ2v) is 9.99. The molecule has 3 rings (SSSR count). The minimum atomic E-state index is -3.94. The Bertz CT molecular complexity index is 1270. The summed E-state index contributed by atoms with van der Waals surface area (Å²) in [5.74, 6) is -1.07. The molecule has 0 aliphatic heterocycles. The van der Waals surface area contributed by atoms with E-state index in [2.05, 4.69) is 10.3 Å². The number of hydrogen-bond donors (Lipinski definition) is 1. The molecular weight excluding hydrogens is 474 g/mol. The van der Waals surface area contributed by atoms with Gasteiger partial charge in [0.15, 0.2) is 5.13 Å². The molecule has 0 bridgehead atoms. The summed E-state index contributed by atoms with van der Waals surface area (Å²) in [5, 5.41) is 3.21. The molecule has 0 saturated carbocycles. The Morgan fingerprint density at radius 3 is 2.59 bits per heavy atom. The normalized spacial score (nSPS) is 11.1. The SMILES string of the molecule is CCOC(=O)c1sc(NC(=O)c2cccc(S(=O)(=O)N(C)c3cccc(Cl)c3)c2)nc1C. The van der Waals surface area contributed by atoms with Gasteiger partial charge >= 0.3 is 5.97 Å². The summed E-state index contributed by atoms with van der Waals surface area (Å²) in [4.78, 5) is 29.1. The summed E-state index contributed by atoms with van der Waals surface area (Å²) < 4.78 is 32.2. The first-order chi connectivity index (χ1) is 15.1. The number of nitrogens with zero attached hydrogens (tertiary/aromatic N) is 2. The fourth-order valence-electron chi connectivity index (χ4n) is 2.77.